The van der Waals surface area contributed by atoms with E-state index < -0.39 is 0 Å². The van der Waals surface area contributed by atoms with Crippen molar-refractivity contribution < 1.29 is 8.98 Å². The number of para-hydroxylation sites is 1. The van der Waals surface area contributed by atoms with Crippen LogP contribution in [0.5, 0.6) is 0 Å². The number of hydrogen-bond donors (Lipinski definition) is 0. The monoisotopic (exact) mass is 378 g/mol. The van der Waals surface area contributed by atoms with Gasteiger partial charge in [-0.2, -0.15) is 0 Å². The minimum absolute atomic E-state index is 0.308. The van der Waals surface area contributed by atoms with Gasteiger partial charge < -0.3 is 0 Å². The van der Waals surface area contributed by atoms with Gasteiger partial charge >= 0.3 is 146 Å². The van der Waals surface area contributed by atoms with E-state index in [4.69, 9.17) is 4.42 Å². The van der Waals surface area contributed by atoms with E-state index >= 15 is 0 Å². The molecule has 0 atom stereocenters. The Labute approximate surface area is 145 Å². The Morgan fingerprint density at radius 1 is 0.875 bits per heavy atom. The Morgan fingerprint density at radius 3 is 2.54 bits per heavy atom. The fourth-order valence-electron chi connectivity index (χ4n) is 3.42. The predicted molar refractivity (Wildman–Crippen MR) is 99.5 cm³/mol. The first-order valence-corrected chi connectivity index (χ1v) is 9.73. The van der Waals surface area contributed by atoms with E-state index in [0.29, 0.717) is 14.5 Å². The molecule has 0 fully saturated rings. The van der Waals surface area contributed by atoms with Crippen molar-refractivity contribution in [2.45, 2.75) is 6.92 Å². The third kappa shape index (κ3) is 1.92. The van der Waals surface area contributed by atoms with Crippen LogP contribution < -0.4 is 4.57 Å². The molecular weight excluding hydrogens is 361 g/mol. The molecule has 0 radical (unpaired) electrons. The molecule has 5 aromatic rings. The molecule has 3 heteroatoms. The molecule has 2 aromatic heterocycles. The van der Waals surface area contributed by atoms with E-state index in [1.165, 1.54) is 36.2 Å². The Balaban J connectivity index is 1.85. The van der Waals surface area contributed by atoms with Crippen molar-refractivity contribution in [3.8, 4) is 10.1 Å². The van der Waals surface area contributed by atoms with Crippen molar-refractivity contribution in [2.75, 3.05) is 0 Å². The normalized spacial score (nSPS) is 11.8. The number of furan rings is 1. The first-order valence-electron chi connectivity index (χ1n) is 8.02. The first-order chi connectivity index (χ1) is 11.7. The quantitative estimate of drug-likeness (QED) is 0.308. The van der Waals surface area contributed by atoms with Crippen LogP contribution in [0.4, 0.5) is 0 Å². The molecule has 0 bridgehead atoms. The number of fused-ring (bicyclic) bond motifs is 4. The molecule has 0 N–H and O–H groups in total. The summed E-state index contributed by atoms with van der Waals surface area (Å²) in [5.74, 6) is 0. The van der Waals surface area contributed by atoms with Crippen molar-refractivity contribution in [2.24, 2.45) is 7.05 Å². The SMILES string of the molecule is Cc1ccccc1-c1[se]c2cc3c(cc2[n+]1C)oc1ccccc13. The van der Waals surface area contributed by atoms with Crippen LogP contribution >= 0.6 is 0 Å². The van der Waals surface area contributed by atoms with Crippen LogP contribution in [0.1, 0.15) is 5.56 Å². The molecule has 3 aromatic carbocycles. The summed E-state index contributed by atoms with van der Waals surface area (Å²) in [5, 5.41) is 2.43. The maximum atomic E-state index is 6.06. The number of hydrogen-bond acceptors (Lipinski definition) is 1. The fraction of sp³-hybridized carbons (Fsp3) is 0.0952. The number of aromatic nitrogens is 1. The topological polar surface area (TPSA) is 17.0 Å². The predicted octanol–water partition coefficient (Wildman–Crippen LogP) is 4.60. The van der Waals surface area contributed by atoms with Crippen LogP contribution in [-0.2, 0) is 7.05 Å². The number of aryl methyl sites for hydroxylation is 2. The standard InChI is InChI=1S/C21H16NOSe/c1-13-7-3-4-8-14(13)21-22(2)17-12-19-16(11-20(17)24-21)15-9-5-6-10-18(15)23-19/h3-12H,1-2H3/q+1. The molecule has 116 valence electrons. The van der Waals surface area contributed by atoms with E-state index in [0.717, 1.165) is 11.2 Å². The van der Waals surface area contributed by atoms with Gasteiger partial charge in [0.2, 0.25) is 0 Å². The van der Waals surface area contributed by atoms with Gasteiger partial charge in [0.05, 0.1) is 0 Å². The molecule has 0 aliphatic rings. The number of nitrogens with zero attached hydrogens (tertiary/aromatic N) is 1. The Morgan fingerprint density at radius 2 is 1.67 bits per heavy atom. The Hall–Kier alpha value is -2.35. The second kappa shape index (κ2) is 5.07. The van der Waals surface area contributed by atoms with Gasteiger partial charge in [0, 0.05) is 0 Å². The Bertz CT molecular complexity index is 1230. The summed E-state index contributed by atoms with van der Waals surface area (Å²) >= 11 is 0.308. The first kappa shape index (κ1) is 14.0. The van der Waals surface area contributed by atoms with Crippen LogP contribution in [0.15, 0.2) is 65.1 Å². The third-order valence-corrected chi connectivity index (χ3v) is 7.30. The number of benzene rings is 3. The molecular formula is C21H16NOSe+. The molecule has 0 saturated carbocycles. The van der Waals surface area contributed by atoms with E-state index in [1.54, 1.807) is 0 Å². The van der Waals surface area contributed by atoms with E-state index in [9.17, 15) is 0 Å². The summed E-state index contributed by atoms with van der Waals surface area (Å²) in [6.07, 6.45) is 0. The van der Waals surface area contributed by atoms with Crippen molar-refractivity contribution in [1.82, 2.24) is 0 Å². The van der Waals surface area contributed by atoms with Crippen LogP contribution in [0, 0.1) is 6.92 Å². The average molecular weight is 377 g/mol. The molecule has 0 spiro atoms. The van der Waals surface area contributed by atoms with Gasteiger partial charge in [-0.05, 0) is 0 Å². The van der Waals surface area contributed by atoms with E-state index in [1.807, 2.05) is 12.1 Å². The summed E-state index contributed by atoms with van der Waals surface area (Å²) < 4.78 is 11.3. The van der Waals surface area contributed by atoms with Crippen molar-refractivity contribution in [1.29, 1.82) is 0 Å². The van der Waals surface area contributed by atoms with Crippen LogP contribution in [0.25, 0.3) is 41.8 Å². The molecule has 0 unspecified atom stereocenters. The molecule has 0 aliphatic heterocycles. The molecule has 0 aliphatic carbocycles. The molecule has 2 nitrogen and oxygen atoms in total. The van der Waals surface area contributed by atoms with Crippen LogP contribution in [-0.4, -0.2) is 14.5 Å². The summed E-state index contributed by atoms with van der Waals surface area (Å²) in [5.41, 5.74) is 5.92. The van der Waals surface area contributed by atoms with E-state index in [-0.39, 0.29) is 0 Å². The van der Waals surface area contributed by atoms with Crippen molar-refractivity contribution in [3.63, 3.8) is 0 Å². The van der Waals surface area contributed by atoms with Crippen LogP contribution in [0.2, 0.25) is 0 Å². The molecule has 5 rings (SSSR count). The Kier molecular flexibility index (Phi) is 2.97. The summed E-state index contributed by atoms with van der Waals surface area (Å²) in [4.78, 5) is 0. The van der Waals surface area contributed by atoms with Gasteiger partial charge in [0.25, 0.3) is 0 Å². The van der Waals surface area contributed by atoms with E-state index in [2.05, 4.69) is 67.1 Å². The third-order valence-electron chi connectivity index (χ3n) is 4.71. The molecule has 0 saturated heterocycles. The maximum absolute atomic E-state index is 6.06. The zero-order valence-corrected chi connectivity index (χ0v) is 15.3. The van der Waals surface area contributed by atoms with Gasteiger partial charge in [0.15, 0.2) is 0 Å². The second-order valence-corrected chi connectivity index (χ2v) is 8.36. The van der Waals surface area contributed by atoms with Gasteiger partial charge in [-0.25, -0.2) is 0 Å². The van der Waals surface area contributed by atoms with Gasteiger partial charge in [-0.3, -0.25) is 0 Å². The van der Waals surface area contributed by atoms with Gasteiger partial charge in [-0.15, -0.1) is 0 Å². The average Bonchev–Trinajstić information content (AvgIpc) is 3.11. The molecule has 0 amide bonds. The fourth-order valence-corrected chi connectivity index (χ4v) is 6.06. The minimum atomic E-state index is 0.308. The van der Waals surface area contributed by atoms with Gasteiger partial charge in [0.1, 0.15) is 0 Å². The zero-order chi connectivity index (χ0) is 16.3. The zero-order valence-electron chi connectivity index (χ0n) is 13.5. The summed E-state index contributed by atoms with van der Waals surface area (Å²) in [6.45, 7) is 2.19. The van der Waals surface area contributed by atoms with Crippen molar-refractivity contribution in [3.05, 3.63) is 66.2 Å². The summed E-state index contributed by atoms with van der Waals surface area (Å²) in [7, 11) is 2.17. The van der Waals surface area contributed by atoms with Crippen molar-refractivity contribution >= 4 is 46.2 Å². The van der Waals surface area contributed by atoms with Crippen LogP contribution in [0.3, 0.4) is 0 Å². The molecule has 24 heavy (non-hydrogen) atoms. The summed E-state index contributed by atoms with van der Waals surface area (Å²) in [6, 6.07) is 21.5. The molecule has 2 heterocycles. The van der Waals surface area contributed by atoms with Gasteiger partial charge in [-0.1, -0.05) is 0 Å². The number of rotatable bonds is 1. The second-order valence-electron chi connectivity index (χ2n) is 6.20.